The first-order chi connectivity index (χ1) is 8.90. The zero-order valence-corrected chi connectivity index (χ0v) is 11.8. The third-order valence-electron chi connectivity index (χ3n) is 2.65. The molecule has 0 aliphatic rings. The third-order valence-corrected chi connectivity index (χ3v) is 3.53. The number of thiazole rings is 1. The maximum atomic E-state index is 11.5. The van der Waals surface area contributed by atoms with Crippen molar-refractivity contribution in [3.8, 4) is 0 Å². The molecule has 0 aliphatic carbocycles. The van der Waals surface area contributed by atoms with Crippen LogP contribution in [0.3, 0.4) is 0 Å². The summed E-state index contributed by atoms with van der Waals surface area (Å²) in [5.74, 6) is -1.12. The van der Waals surface area contributed by atoms with Crippen molar-refractivity contribution in [3.63, 3.8) is 0 Å². The number of hydrogen-bond donors (Lipinski definition) is 2. The van der Waals surface area contributed by atoms with E-state index in [0.717, 1.165) is 17.0 Å². The van der Waals surface area contributed by atoms with Gasteiger partial charge in [-0.25, -0.2) is 0 Å². The van der Waals surface area contributed by atoms with Crippen LogP contribution in [-0.2, 0) is 16.1 Å². The van der Waals surface area contributed by atoms with Gasteiger partial charge in [0.25, 0.3) is 0 Å². The molecular weight excluding hydrogens is 268 g/mol. The molecule has 1 heterocycles. The molecule has 7 heteroatoms. The zero-order valence-electron chi connectivity index (χ0n) is 11.0. The lowest BCUT2D eigenvalue weighted by Gasteiger charge is -2.11. The molecule has 1 atom stereocenters. The summed E-state index contributed by atoms with van der Waals surface area (Å²) >= 11 is 1.15. The van der Waals surface area contributed by atoms with Crippen LogP contribution in [0.2, 0.25) is 0 Å². The number of carboxylic acid groups (broad SMARTS) is 1. The molecule has 0 fully saturated rings. The van der Waals surface area contributed by atoms with E-state index in [0.29, 0.717) is 13.0 Å². The van der Waals surface area contributed by atoms with Crippen LogP contribution in [-0.4, -0.2) is 27.6 Å². The second-order valence-electron chi connectivity index (χ2n) is 4.46. The number of carbonyl (C=O) groups is 2. The number of aryl methyl sites for hydroxylation is 1. The summed E-state index contributed by atoms with van der Waals surface area (Å²) in [6.45, 7) is 4.02. The van der Waals surface area contributed by atoms with Gasteiger partial charge in [0.15, 0.2) is 0 Å². The van der Waals surface area contributed by atoms with E-state index >= 15 is 0 Å². The molecule has 0 spiro atoms. The molecule has 1 amide bonds. The molecule has 1 unspecified atom stereocenters. The van der Waals surface area contributed by atoms with Crippen LogP contribution in [0.4, 0.5) is 0 Å². The van der Waals surface area contributed by atoms with Crippen LogP contribution < -0.4 is 10.2 Å². The van der Waals surface area contributed by atoms with Gasteiger partial charge in [0.05, 0.1) is 6.42 Å². The van der Waals surface area contributed by atoms with Crippen LogP contribution in [0.25, 0.3) is 0 Å². The van der Waals surface area contributed by atoms with Crippen molar-refractivity contribution in [3.05, 3.63) is 20.7 Å². The fourth-order valence-corrected chi connectivity index (χ4v) is 2.49. The van der Waals surface area contributed by atoms with E-state index in [1.54, 1.807) is 16.9 Å². The van der Waals surface area contributed by atoms with Gasteiger partial charge in [-0.1, -0.05) is 11.3 Å². The number of hydrogen-bond acceptors (Lipinski definition) is 4. The number of carbonyl (C=O) groups excluding carboxylic acids is 1. The predicted octanol–water partition coefficient (Wildman–Crippen LogP) is 0.978. The topological polar surface area (TPSA) is 88.4 Å². The summed E-state index contributed by atoms with van der Waals surface area (Å²) in [6.07, 6.45) is 0.754. The maximum absolute atomic E-state index is 11.5. The van der Waals surface area contributed by atoms with Crippen LogP contribution in [0.1, 0.15) is 31.9 Å². The molecule has 19 heavy (non-hydrogen) atoms. The minimum Gasteiger partial charge on any atom is -0.481 e. The van der Waals surface area contributed by atoms with Crippen molar-refractivity contribution in [2.24, 2.45) is 0 Å². The standard InChI is InChI=1S/C12H18N2O4S/c1-8(6-11(16)17)13-10(15)4-3-5-14-9(2)7-19-12(14)18/h7-8H,3-6H2,1-2H3,(H,13,15)(H,16,17). The van der Waals surface area contributed by atoms with Gasteiger partial charge in [-0.15, -0.1) is 0 Å². The van der Waals surface area contributed by atoms with Crippen LogP contribution in [0, 0.1) is 6.92 Å². The SMILES string of the molecule is Cc1csc(=O)n1CCCC(=O)NC(C)CC(=O)O. The first kappa shape index (κ1) is 15.4. The lowest BCUT2D eigenvalue weighted by Crippen LogP contribution is -2.34. The highest BCUT2D eigenvalue weighted by atomic mass is 32.1. The predicted molar refractivity (Wildman–Crippen MR) is 72.4 cm³/mol. The molecular formula is C12H18N2O4S. The van der Waals surface area contributed by atoms with Crippen LogP contribution in [0.5, 0.6) is 0 Å². The number of carboxylic acids is 1. The molecule has 1 rings (SSSR count). The van der Waals surface area contributed by atoms with Gasteiger partial charge in [-0.2, -0.15) is 0 Å². The fourth-order valence-electron chi connectivity index (χ4n) is 1.73. The summed E-state index contributed by atoms with van der Waals surface area (Å²) in [5.41, 5.74) is 0.898. The Morgan fingerprint density at radius 1 is 1.53 bits per heavy atom. The number of amides is 1. The van der Waals surface area contributed by atoms with Gasteiger partial charge in [-0.05, 0) is 20.3 Å². The van der Waals surface area contributed by atoms with Crippen molar-refractivity contribution < 1.29 is 14.7 Å². The molecule has 2 N–H and O–H groups in total. The van der Waals surface area contributed by atoms with Gasteiger partial charge in [-0.3, -0.25) is 14.4 Å². The number of nitrogens with zero attached hydrogens (tertiary/aromatic N) is 1. The van der Waals surface area contributed by atoms with Crippen LogP contribution >= 0.6 is 11.3 Å². The quantitative estimate of drug-likeness (QED) is 0.782. The average Bonchev–Trinajstić information content (AvgIpc) is 2.59. The monoisotopic (exact) mass is 286 g/mol. The molecule has 0 aliphatic heterocycles. The largest absolute Gasteiger partial charge is 0.481 e. The Morgan fingerprint density at radius 3 is 2.74 bits per heavy atom. The molecule has 106 valence electrons. The van der Waals surface area contributed by atoms with E-state index in [1.807, 2.05) is 6.92 Å². The average molecular weight is 286 g/mol. The maximum Gasteiger partial charge on any atom is 0.307 e. The van der Waals surface area contributed by atoms with E-state index in [4.69, 9.17) is 5.11 Å². The minimum atomic E-state index is -0.937. The van der Waals surface area contributed by atoms with Crippen molar-refractivity contribution in [1.29, 1.82) is 0 Å². The lowest BCUT2D eigenvalue weighted by atomic mass is 10.2. The van der Waals surface area contributed by atoms with E-state index in [2.05, 4.69) is 5.32 Å². The second-order valence-corrected chi connectivity index (χ2v) is 5.29. The van der Waals surface area contributed by atoms with Gasteiger partial charge in [0.1, 0.15) is 0 Å². The minimum absolute atomic E-state index is 0.0165. The summed E-state index contributed by atoms with van der Waals surface area (Å²) in [5, 5.41) is 13.0. The van der Waals surface area contributed by atoms with Crippen molar-refractivity contribution in [2.75, 3.05) is 0 Å². The second kappa shape index (κ2) is 7.08. The Balaban J connectivity index is 2.31. The normalized spacial score (nSPS) is 12.1. The molecule has 0 aromatic carbocycles. The molecule has 0 saturated carbocycles. The van der Waals surface area contributed by atoms with Gasteiger partial charge in [0, 0.05) is 30.1 Å². The van der Waals surface area contributed by atoms with Gasteiger partial charge >= 0.3 is 10.8 Å². The smallest absolute Gasteiger partial charge is 0.307 e. The lowest BCUT2D eigenvalue weighted by molar-refractivity contribution is -0.137. The molecule has 0 radical (unpaired) electrons. The van der Waals surface area contributed by atoms with E-state index in [-0.39, 0.29) is 29.7 Å². The fraction of sp³-hybridized carbons (Fsp3) is 0.583. The Hall–Kier alpha value is -1.63. The van der Waals surface area contributed by atoms with E-state index in [1.165, 1.54) is 0 Å². The van der Waals surface area contributed by atoms with Crippen molar-refractivity contribution in [1.82, 2.24) is 9.88 Å². The van der Waals surface area contributed by atoms with E-state index in [9.17, 15) is 14.4 Å². The first-order valence-corrected chi connectivity index (χ1v) is 6.94. The Bertz CT molecular complexity index is 506. The molecule has 0 bridgehead atoms. The summed E-state index contributed by atoms with van der Waals surface area (Å²) in [4.78, 5) is 33.4. The highest BCUT2D eigenvalue weighted by Crippen LogP contribution is 2.02. The zero-order chi connectivity index (χ0) is 14.4. The van der Waals surface area contributed by atoms with Gasteiger partial charge < -0.3 is 15.0 Å². The number of aromatic nitrogens is 1. The first-order valence-electron chi connectivity index (χ1n) is 6.06. The van der Waals surface area contributed by atoms with Crippen LogP contribution in [0.15, 0.2) is 10.2 Å². The Kier molecular flexibility index (Phi) is 5.75. The number of rotatable bonds is 7. The summed E-state index contributed by atoms with van der Waals surface area (Å²) < 4.78 is 1.64. The van der Waals surface area contributed by atoms with E-state index < -0.39 is 5.97 Å². The summed E-state index contributed by atoms with van der Waals surface area (Å²) in [6, 6.07) is -0.379. The Morgan fingerprint density at radius 2 is 2.21 bits per heavy atom. The highest BCUT2D eigenvalue weighted by Gasteiger charge is 2.11. The number of aliphatic carboxylic acids is 1. The third kappa shape index (κ3) is 5.25. The highest BCUT2D eigenvalue weighted by molar-refractivity contribution is 7.07. The molecule has 1 aromatic heterocycles. The summed E-state index contributed by atoms with van der Waals surface area (Å²) in [7, 11) is 0. The van der Waals surface area contributed by atoms with Crippen molar-refractivity contribution in [2.45, 2.75) is 45.7 Å². The molecule has 1 aromatic rings. The molecule has 6 nitrogen and oxygen atoms in total. The Labute approximate surface area is 115 Å². The van der Waals surface area contributed by atoms with Gasteiger partial charge in [0.2, 0.25) is 5.91 Å². The number of nitrogens with one attached hydrogen (secondary N) is 1. The molecule has 0 saturated heterocycles. The van der Waals surface area contributed by atoms with Crippen molar-refractivity contribution >= 4 is 23.2 Å².